The van der Waals surface area contributed by atoms with Crippen LogP contribution in [0.1, 0.15) is 36.1 Å². The molecule has 1 unspecified atom stereocenters. The van der Waals surface area contributed by atoms with E-state index in [0.717, 1.165) is 16.7 Å². The van der Waals surface area contributed by atoms with Gasteiger partial charge in [0.2, 0.25) is 0 Å². The number of ketones is 1. The maximum atomic E-state index is 13.7. The minimum Gasteiger partial charge on any atom is -0.507 e. The van der Waals surface area contributed by atoms with Crippen molar-refractivity contribution in [2.45, 2.75) is 26.0 Å². The van der Waals surface area contributed by atoms with Crippen molar-refractivity contribution in [1.82, 2.24) is 4.98 Å². The number of aliphatic hydroxyl groups is 1. The molecule has 5 aromatic rings. The van der Waals surface area contributed by atoms with Gasteiger partial charge in [0.25, 0.3) is 5.78 Å². The fourth-order valence-corrected chi connectivity index (χ4v) is 6.06. The Hall–Kier alpha value is -5.15. The Balaban J connectivity index is 1.40. The second-order valence-corrected chi connectivity index (χ2v) is 11.2. The number of ether oxygens (including phenoxy) is 3. The molecular formula is C35H30N2O6S. The van der Waals surface area contributed by atoms with E-state index in [0.29, 0.717) is 52.2 Å². The molecule has 6 rings (SSSR count). The number of aliphatic hydroxyl groups excluding tert-OH is 1. The molecule has 0 saturated carbocycles. The molecule has 2 heterocycles. The Morgan fingerprint density at radius 2 is 1.57 bits per heavy atom. The number of benzene rings is 4. The highest BCUT2D eigenvalue weighted by molar-refractivity contribution is 7.22. The Morgan fingerprint density at radius 1 is 0.886 bits per heavy atom. The van der Waals surface area contributed by atoms with E-state index in [1.54, 1.807) is 67.8 Å². The molecule has 8 nitrogen and oxygen atoms in total. The van der Waals surface area contributed by atoms with Gasteiger partial charge in [-0.15, -0.1) is 0 Å². The monoisotopic (exact) mass is 606 g/mol. The van der Waals surface area contributed by atoms with Crippen molar-refractivity contribution in [1.29, 1.82) is 0 Å². The van der Waals surface area contributed by atoms with E-state index in [-0.39, 0.29) is 11.3 Å². The van der Waals surface area contributed by atoms with Crippen LogP contribution in [0.5, 0.6) is 17.2 Å². The molecule has 0 radical (unpaired) electrons. The van der Waals surface area contributed by atoms with Crippen molar-refractivity contribution in [2.24, 2.45) is 0 Å². The van der Waals surface area contributed by atoms with E-state index in [4.69, 9.17) is 14.2 Å². The number of carbonyl (C=O) groups is 2. The van der Waals surface area contributed by atoms with Gasteiger partial charge in [0, 0.05) is 5.56 Å². The Morgan fingerprint density at radius 3 is 2.27 bits per heavy atom. The first-order valence-corrected chi connectivity index (χ1v) is 15.0. The zero-order valence-electron chi connectivity index (χ0n) is 24.2. The number of nitrogens with zero attached hydrogens (tertiary/aromatic N) is 2. The van der Waals surface area contributed by atoms with Crippen molar-refractivity contribution in [2.75, 3.05) is 18.6 Å². The molecule has 44 heavy (non-hydrogen) atoms. The topological polar surface area (TPSA) is 98.2 Å². The number of Topliss-reactive ketones (excluding diaryl/α,β-unsaturated/α-hetero) is 1. The molecule has 1 aliphatic rings. The van der Waals surface area contributed by atoms with E-state index in [9.17, 15) is 14.7 Å². The summed E-state index contributed by atoms with van der Waals surface area (Å²) < 4.78 is 17.8. The molecule has 1 amide bonds. The second kappa shape index (κ2) is 12.6. The molecular weight excluding hydrogens is 576 g/mol. The van der Waals surface area contributed by atoms with Crippen LogP contribution < -0.4 is 19.1 Å². The van der Waals surface area contributed by atoms with Crippen molar-refractivity contribution < 1.29 is 28.9 Å². The van der Waals surface area contributed by atoms with E-state index >= 15 is 0 Å². The van der Waals surface area contributed by atoms with Gasteiger partial charge in [-0.05, 0) is 72.1 Å². The van der Waals surface area contributed by atoms with Crippen molar-refractivity contribution in [3.63, 3.8) is 0 Å². The van der Waals surface area contributed by atoms with E-state index in [1.807, 2.05) is 43.3 Å². The lowest BCUT2D eigenvalue weighted by molar-refractivity contribution is -0.132. The SMILES string of the molecule is CCCOc1ccc(/C(O)=C2\C(=O)C(=O)N(c3nc4ccc(OC)cc4s3)C2c2ccc(OCc3ccccc3)cc2)cc1. The first-order chi connectivity index (χ1) is 21.5. The molecule has 1 aromatic heterocycles. The zero-order chi connectivity index (χ0) is 30.6. The summed E-state index contributed by atoms with van der Waals surface area (Å²) in [5.74, 6) is 0.101. The molecule has 0 spiro atoms. The van der Waals surface area contributed by atoms with Crippen molar-refractivity contribution >= 4 is 44.1 Å². The van der Waals surface area contributed by atoms with Crippen LogP contribution in [0.25, 0.3) is 16.0 Å². The highest BCUT2D eigenvalue weighted by Crippen LogP contribution is 2.45. The number of methoxy groups -OCH3 is 1. The normalized spacial score (nSPS) is 16.0. The molecule has 4 aromatic carbocycles. The molecule has 1 fully saturated rings. The number of rotatable bonds is 10. The van der Waals surface area contributed by atoms with Gasteiger partial charge in [-0.1, -0.05) is 60.7 Å². The number of amides is 1. The van der Waals surface area contributed by atoms with Crippen LogP contribution in [0.15, 0.2) is 103 Å². The summed E-state index contributed by atoms with van der Waals surface area (Å²) in [4.78, 5) is 33.4. The Kier molecular flexibility index (Phi) is 8.29. The van der Waals surface area contributed by atoms with Gasteiger partial charge in [0.1, 0.15) is 29.6 Å². The van der Waals surface area contributed by atoms with Crippen LogP contribution in [0.4, 0.5) is 5.13 Å². The maximum absolute atomic E-state index is 13.7. The van der Waals surface area contributed by atoms with Crippen LogP contribution in [0, 0.1) is 0 Å². The highest BCUT2D eigenvalue weighted by Gasteiger charge is 2.48. The summed E-state index contributed by atoms with van der Waals surface area (Å²) in [7, 11) is 1.58. The number of hydrogen-bond acceptors (Lipinski definition) is 8. The molecule has 1 atom stereocenters. The van der Waals surface area contributed by atoms with Gasteiger partial charge in [-0.3, -0.25) is 14.5 Å². The lowest BCUT2D eigenvalue weighted by Crippen LogP contribution is -2.29. The van der Waals surface area contributed by atoms with Crippen LogP contribution in [0.3, 0.4) is 0 Å². The predicted octanol–water partition coefficient (Wildman–Crippen LogP) is 7.30. The van der Waals surface area contributed by atoms with E-state index < -0.39 is 17.7 Å². The van der Waals surface area contributed by atoms with Crippen LogP contribution in [-0.4, -0.2) is 35.5 Å². The number of anilines is 1. The third-order valence-electron chi connectivity index (χ3n) is 7.28. The summed E-state index contributed by atoms with van der Waals surface area (Å²) in [6, 6.07) is 28.3. The lowest BCUT2D eigenvalue weighted by Gasteiger charge is -2.23. The van der Waals surface area contributed by atoms with Crippen LogP contribution in [-0.2, 0) is 16.2 Å². The summed E-state index contributed by atoms with van der Waals surface area (Å²) >= 11 is 1.27. The molecule has 0 aliphatic carbocycles. The molecule has 0 bridgehead atoms. The minimum atomic E-state index is -0.920. The van der Waals surface area contributed by atoms with Gasteiger partial charge in [-0.2, -0.15) is 0 Å². The first kappa shape index (κ1) is 28.9. The fraction of sp³-hybridized carbons (Fsp3) is 0.171. The van der Waals surface area contributed by atoms with E-state index in [1.165, 1.54) is 16.2 Å². The number of hydrogen-bond donors (Lipinski definition) is 1. The van der Waals surface area contributed by atoms with Crippen molar-refractivity contribution in [3.05, 3.63) is 119 Å². The Labute approximate surface area is 258 Å². The predicted molar refractivity (Wildman–Crippen MR) is 170 cm³/mol. The maximum Gasteiger partial charge on any atom is 0.301 e. The number of aromatic nitrogens is 1. The van der Waals surface area contributed by atoms with E-state index in [2.05, 4.69) is 4.98 Å². The smallest absolute Gasteiger partial charge is 0.301 e. The van der Waals surface area contributed by atoms with Crippen LogP contribution in [0.2, 0.25) is 0 Å². The average molecular weight is 607 g/mol. The van der Waals surface area contributed by atoms with Gasteiger partial charge in [0.05, 0.1) is 35.5 Å². The molecule has 1 saturated heterocycles. The molecule has 1 aliphatic heterocycles. The van der Waals surface area contributed by atoms with Gasteiger partial charge >= 0.3 is 5.91 Å². The number of fused-ring (bicyclic) bond motifs is 1. The number of carbonyl (C=O) groups excluding carboxylic acids is 2. The summed E-state index contributed by atoms with van der Waals surface area (Å²) in [6.45, 7) is 2.98. The van der Waals surface area contributed by atoms with Gasteiger partial charge in [0.15, 0.2) is 5.13 Å². The third-order valence-corrected chi connectivity index (χ3v) is 8.30. The van der Waals surface area contributed by atoms with Crippen molar-refractivity contribution in [3.8, 4) is 17.2 Å². The molecule has 9 heteroatoms. The standard InChI is InChI=1S/C35H30N2O6S/c1-3-19-42-25-15-11-24(12-16-25)32(38)30-31(23-9-13-26(14-10-23)43-21-22-7-5-4-6-8-22)37(34(40)33(30)39)35-36-28-18-17-27(41-2)20-29(28)44-35/h4-18,20,31,38H,3,19,21H2,1-2H3/b32-30+. The molecule has 222 valence electrons. The zero-order valence-corrected chi connectivity index (χ0v) is 25.0. The largest absolute Gasteiger partial charge is 0.507 e. The quantitative estimate of drug-likeness (QED) is 0.101. The highest BCUT2D eigenvalue weighted by atomic mass is 32.1. The lowest BCUT2D eigenvalue weighted by atomic mass is 9.95. The average Bonchev–Trinajstić information content (AvgIpc) is 3.60. The van der Waals surface area contributed by atoms with Gasteiger partial charge in [-0.25, -0.2) is 4.98 Å². The number of thiazole rings is 1. The Bertz CT molecular complexity index is 1830. The third kappa shape index (κ3) is 5.74. The first-order valence-electron chi connectivity index (χ1n) is 14.2. The van der Waals surface area contributed by atoms with Gasteiger partial charge < -0.3 is 19.3 Å². The second-order valence-electron chi connectivity index (χ2n) is 10.2. The summed E-state index contributed by atoms with van der Waals surface area (Å²) in [6.07, 6.45) is 0.861. The van der Waals surface area contributed by atoms with Crippen LogP contribution >= 0.6 is 11.3 Å². The fourth-order valence-electron chi connectivity index (χ4n) is 5.04. The molecule has 1 N–H and O–H groups in total. The minimum absolute atomic E-state index is 0.0213. The summed E-state index contributed by atoms with van der Waals surface area (Å²) in [5, 5.41) is 11.9. The summed E-state index contributed by atoms with van der Waals surface area (Å²) in [5.41, 5.74) is 2.69.